The zero-order valence-electron chi connectivity index (χ0n) is 16.3. The molecule has 2 amide bonds. The molecule has 156 valence electrons. The van der Waals surface area contributed by atoms with E-state index in [9.17, 15) is 24.5 Å². The highest BCUT2D eigenvalue weighted by atomic mass is 16.6. The van der Waals surface area contributed by atoms with Crippen molar-refractivity contribution in [3.05, 3.63) is 98.5 Å². The number of ether oxygens (including phenoxy) is 1. The van der Waals surface area contributed by atoms with Gasteiger partial charge in [-0.2, -0.15) is 0 Å². The van der Waals surface area contributed by atoms with Crippen LogP contribution in [0.1, 0.15) is 27.1 Å². The summed E-state index contributed by atoms with van der Waals surface area (Å²) in [4.78, 5) is 48.7. The molecule has 4 rings (SSSR count). The highest BCUT2D eigenvalue weighted by molar-refractivity contribution is 6.21. The molecule has 2 aromatic carbocycles. The number of hydrogen-bond donors (Lipinski definition) is 0. The van der Waals surface area contributed by atoms with Crippen molar-refractivity contribution in [1.82, 2.24) is 9.47 Å². The number of imide groups is 1. The van der Waals surface area contributed by atoms with Crippen molar-refractivity contribution >= 4 is 17.5 Å². The number of fused-ring (bicyclic) bond motifs is 1. The summed E-state index contributed by atoms with van der Waals surface area (Å²) in [6.07, 6.45) is 1.84. The second-order valence-corrected chi connectivity index (χ2v) is 6.83. The lowest BCUT2D eigenvalue weighted by molar-refractivity contribution is -0.385. The number of carbonyl (C=O) groups excluding carboxylic acids is 2. The van der Waals surface area contributed by atoms with Crippen LogP contribution in [0.4, 0.5) is 5.69 Å². The van der Waals surface area contributed by atoms with Crippen LogP contribution in [-0.2, 0) is 0 Å². The predicted octanol–water partition coefficient (Wildman–Crippen LogP) is 2.81. The van der Waals surface area contributed by atoms with Gasteiger partial charge in [0.15, 0.2) is 5.75 Å². The van der Waals surface area contributed by atoms with E-state index >= 15 is 0 Å². The number of nitrogens with zero attached hydrogens (tertiary/aromatic N) is 3. The van der Waals surface area contributed by atoms with Gasteiger partial charge in [-0.3, -0.25) is 34.0 Å². The van der Waals surface area contributed by atoms with Gasteiger partial charge in [0.25, 0.3) is 17.4 Å². The van der Waals surface area contributed by atoms with Crippen LogP contribution >= 0.6 is 0 Å². The Balaban J connectivity index is 1.46. The summed E-state index contributed by atoms with van der Waals surface area (Å²) in [5.41, 5.74) is 0.628. The molecule has 9 nitrogen and oxygen atoms in total. The maximum absolute atomic E-state index is 12.4. The van der Waals surface area contributed by atoms with E-state index in [1.807, 2.05) is 0 Å². The first kappa shape index (κ1) is 20.0. The number of nitro benzene ring substituents is 1. The summed E-state index contributed by atoms with van der Waals surface area (Å²) < 4.78 is 6.94. The molecule has 9 heteroatoms. The lowest BCUT2D eigenvalue weighted by Crippen LogP contribution is -2.31. The van der Waals surface area contributed by atoms with Gasteiger partial charge in [0, 0.05) is 30.9 Å². The maximum Gasteiger partial charge on any atom is 0.311 e. The largest absolute Gasteiger partial charge is 0.487 e. The number of rotatable bonds is 7. The van der Waals surface area contributed by atoms with Crippen molar-refractivity contribution in [2.45, 2.75) is 6.42 Å². The normalized spacial score (nSPS) is 12.7. The first-order valence-electron chi connectivity index (χ1n) is 9.52. The number of hydrogen-bond acceptors (Lipinski definition) is 6. The fourth-order valence-corrected chi connectivity index (χ4v) is 3.41. The summed E-state index contributed by atoms with van der Waals surface area (Å²) in [6, 6.07) is 15.4. The lowest BCUT2D eigenvalue weighted by Gasteiger charge is -2.14. The van der Waals surface area contributed by atoms with Crippen LogP contribution in [0.5, 0.6) is 5.75 Å². The molecule has 0 spiro atoms. The van der Waals surface area contributed by atoms with Gasteiger partial charge < -0.3 is 4.74 Å². The van der Waals surface area contributed by atoms with Crippen molar-refractivity contribution in [3.8, 4) is 11.4 Å². The Kier molecular flexibility index (Phi) is 5.31. The van der Waals surface area contributed by atoms with Crippen LogP contribution in [0.2, 0.25) is 0 Å². The van der Waals surface area contributed by atoms with E-state index in [-0.39, 0.29) is 48.4 Å². The Hall–Kier alpha value is -4.27. The molecule has 0 unspecified atom stereocenters. The van der Waals surface area contributed by atoms with Gasteiger partial charge in [0.1, 0.15) is 0 Å². The molecular formula is C22H17N3O6. The zero-order valence-corrected chi connectivity index (χ0v) is 16.3. The summed E-state index contributed by atoms with van der Waals surface area (Å²) in [5.74, 6) is -0.727. The molecule has 3 aromatic rings. The van der Waals surface area contributed by atoms with E-state index < -0.39 is 4.92 Å². The average molecular weight is 419 g/mol. The predicted molar refractivity (Wildman–Crippen MR) is 111 cm³/mol. The van der Waals surface area contributed by atoms with Crippen LogP contribution in [0.15, 0.2) is 71.7 Å². The van der Waals surface area contributed by atoms with Gasteiger partial charge in [-0.25, -0.2) is 0 Å². The number of aromatic nitrogens is 1. The lowest BCUT2D eigenvalue weighted by atomic mass is 10.1. The van der Waals surface area contributed by atoms with Crippen LogP contribution in [0, 0.1) is 10.1 Å². The van der Waals surface area contributed by atoms with Gasteiger partial charge in [0.05, 0.1) is 28.3 Å². The zero-order chi connectivity index (χ0) is 22.0. The quantitative estimate of drug-likeness (QED) is 0.252. The van der Waals surface area contributed by atoms with Gasteiger partial charge in [-0.15, -0.1) is 0 Å². The minimum Gasteiger partial charge on any atom is -0.487 e. The van der Waals surface area contributed by atoms with Crippen LogP contribution < -0.4 is 10.3 Å². The highest BCUT2D eigenvalue weighted by Gasteiger charge is 2.34. The minimum atomic E-state index is -0.572. The monoisotopic (exact) mass is 419 g/mol. The number of pyridine rings is 1. The molecular weight excluding hydrogens is 402 g/mol. The number of carbonyl (C=O) groups is 2. The Labute approximate surface area is 176 Å². The third kappa shape index (κ3) is 3.80. The van der Waals surface area contributed by atoms with Crippen LogP contribution in [0.25, 0.3) is 5.69 Å². The smallest absolute Gasteiger partial charge is 0.311 e. The first-order valence-corrected chi connectivity index (χ1v) is 9.52. The van der Waals surface area contributed by atoms with E-state index in [1.165, 1.54) is 28.8 Å². The third-order valence-electron chi connectivity index (χ3n) is 4.90. The molecule has 0 saturated heterocycles. The van der Waals surface area contributed by atoms with E-state index in [2.05, 4.69) is 0 Å². The van der Waals surface area contributed by atoms with Gasteiger partial charge in [-0.1, -0.05) is 18.2 Å². The molecule has 0 radical (unpaired) electrons. The second-order valence-electron chi connectivity index (χ2n) is 6.83. The Morgan fingerprint density at radius 2 is 1.58 bits per heavy atom. The standard InChI is InChI=1S/C22H17N3O6/c26-20-8-3-4-11-23(20)15-9-10-18(25(29)30)19(14-15)31-13-5-12-24-21(27)16-6-1-2-7-17(16)22(24)28/h1-4,6-11,14H,5,12-13H2. The Bertz CT molecular complexity index is 1210. The van der Waals surface area contributed by atoms with Gasteiger partial charge in [0.2, 0.25) is 0 Å². The molecule has 0 bridgehead atoms. The number of nitro groups is 1. The average Bonchev–Trinajstić information content (AvgIpc) is 3.01. The second kappa shape index (κ2) is 8.23. The van der Waals surface area contributed by atoms with Crippen molar-refractivity contribution in [1.29, 1.82) is 0 Å². The molecule has 0 saturated carbocycles. The SMILES string of the molecule is O=C1c2ccccc2C(=O)N1CCCOc1cc(-n2ccccc2=O)ccc1[N+](=O)[O-]. The topological polar surface area (TPSA) is 112 Å². The Morgan fingerprint density at radius 1 is 0.903 bits per heavy atom. The van der Waals surface area contributed by atoms with Gasteiger partial charge >= 0.3 is 5.69 Å². The molecule has 0 aliphatic carbocycles. The summed E-state index contributed by atoms with van der Waals surface area (Å²) in [7, 11) is 0. The van der Waals surface area contributed by atoms with E-state index in [0.717, 1.165) is 4.90 Å². The van der Waals surface area contributed by atoms with E-state index in [4.69, 9.17) is 4.74 Å². The fourth-order valence-electron chi connectivity index (χ4n) is 3.41. The Morgan fingerprint density at radius 3 is 2.23 bits per heavy atom. The summed E-state index contributed by atoms with van der Waals surface area (Å²) in [6.45, 7) is 0.166. The molecule has 31 heavy (non-hydrogen) atoms. The number of amides is 2. The van der Waals surface area contributed by atoms with Gasteiger partial charge in [-0.05, 0) is 30.7 Å². The number of benzene rings is 2. The summed E-state index contributed by atoms with van der Waals surface area (Å²) >= 11 is 0. The van der Waals surface area contributed by atoms with Crippen molar-refractivity contribution in [2.75, 3.05) is 13.2 Å². The minimum absolute atomic E-state index is 0.000569. The third-order valence-corrected chi connectivity index (χ3v) is 4.90. The van der Waals surface area contributed by atoms with Crippen molar-refractivity contribution in [3.63, 3.8) is 0 Å². The first-order chi connectivity index (χ1) is 15.0. The van der Waals surface area contributed by atoms with E-state index in [1.54, 1.807) is 42.6 Å². The molecule has 2 heterocycles. The molecule has 0 fully saturated rings. The van der Waals surface area contributed by atoms with Crippen LogP contribution in [0.3, 0.4) is 0 Å². The summed E-state index contributed by atoms with van der Waals surface area (Å²) in [5, 5.41) is 11.3. The van der Waals surface area contributed by atoms with Crippen molar-refractivity contribution < 1.29 is 19.2 Å². The van der Waals surface area contributed by atoms with Crippen LogP contribution in [-0.4, -0.2) is 39.4 Å². The molecule has 0 N–H and O–H groups in total. The van der Waals surface area contributed by atoms with E-state index in [0.29, 0.717) is 16.8 Å². The molecule has 1 aliphatic heterocycles. The molecule has 1 aliphatic rings. The highest BCUT2D eigenvalue weighted by Crippen LogP contribution is 2.29. The fraction of sp³-hybridized carbons (Fsp3) is 0.136. The van der Waals surface area contributed by atoms with Crippen molar-refractivity contribution in [2.24, 2.45) is 0 Å². The molecule has 0 atom stereocenters. The maximum atomic E-state index is 12.4. The molecule has 1 aromatic heterocycles.